The van der Waals surface area contributed by atoms with Gasteiger partial charge in [0.25, 0.3) is 5.91 Å². The lowest BCUT2D eigenvalue weighted by Crippen LogP contribution is -2.28. The summed E-state index contributed by atoms with van der Waals surface area (Å²) in [4.78, 5) is 34.1. The van der Waals surface area contributed by atoms with Gasteiger partial charge in [0.2, 0.25) is 5.91 Å². The Morgan fingerprint density at radius 2 is 1.67 bits per heavy atom. The van der Waals surface area contributed by atoms with Gasteiger partial charge < -0.3 is 16.2 Å². The van der Waals surface area contributed by atoms with Crippen LogP contribution in [0.2, 0.25) is 0 Å². The van der Waals surface area contributed by atoms with Crippen molar-refractivity contribution in [2.45, 2.75) is 33.1 Å². The van der Waals surface area contributed by atoms with Crippen molar-refractivity contribution in [3.05, 3.63) is 34.4 Å². The standard InChI is InChI=1S/C15H20N2O4/c1-9-6-7-10(2)13(15(20)21)12(9)14(19)17-8-4-3-5-11(16)18/h6-7H,3-5,8H2,1-2H3,(H2,16,18)(H,17,19)(H,20,21). The molecule has 1 aromatic carbocycles. The first-order valence-electron chi connectivity index (χ1n) is 6.74. The molecule has 6 nitrogen and oxygen atoms in total. The van der Waals surface area contributed by atoms with Crippen LogP contribution in [0.15, 0.2) is 12.1 Å². The zero-order valence-electron chi connectivity index (χ0n) is 12.2. The van der Waals surface area contributed by atoms with E-state index in [-0.39, 0.29) is 23.5 Å². The van der Waals surface area contributed by atoms with E-state index in [0.717, 1.165) is 0 Å². The molecule has 0 saturated heterocycles. The van der Waals surface area contributed by atoms with Crippen molar-refractivity contribution in [3.63, 3.8) is 0 Å². The number of carboxylic acid groups (broad SMARTS) is 1. The van der Waals surface area contributed by atoms with E-state index in [0.29, 0.717) is 30.5 Å². The topological polar surface area (TPSA) is 109 Å². The van der Waals surface area contributed by atoms with Gasteiger partial charge in [-0.25, -0.2) is 4.79 Å². The van der Waals surface area contributed by atoms with Crippen LogP contribution in [0.4, 0.5) is 0 Å². The molecule has 0 aromatic heterocycles. The molecule has 0 aliphatic carbocycles. The first-order valence-corrected chi connectivity index (χ1v) is 6.74. The lowest BCUT2D eigenvalue weighted by atomic mass is 9.96. The summed E-state index contributed by atoms with van der Waals surface area (Å²) in [6, 6.07) is 3.41. The molecule has 4 N–H and O–H groups in total. The van der Waals surface area contributed by atoms with Crippen LogP contribution in [0, 0.1) is 13.8 Å². The number of hydrogen-bond acceptors (Lipinski definition) is 3. The quantitative estimate of drug-likeness (QED) is 0.659. The Bertz CT molecular complexity index is 567. The Labute approximate surface area is 123 Å². The maximum Gasteiger partial charge on any atom is 0.336 e. The summed E-state index contributed by atoms with van der Waals surface area (Å²) in [5.41, 5.74) is 6.41. The SMILES string of the molecule is Cc1ccc(C)c(C(=O)NCCCCC(N)=O)c1C(=O)O. The number of aromatic carboxylic acids is 1. The van der Waals surface area contributed by atoms with E-state index in [4.69, 9.17) is 5.73 Å². The van der Waals surface area contributed by atoms with E-state index in [2.05, 4.69) is 5.32 Å². The zero-order chi connectivity index (χ0) is 16.0. The van der Waals surface area contributed by atoms with Crippen LogP contribution in [0.5, 0.6) is 0 Å². The van der Waals surface area contributed by atoms with Crippen molar-refractivity contribution in [3.8, 4) is 0 Å². The number of amides is 2. The molecule has 0 saturated carbocycles. The van der Waals surface area contributed by atoms with E-state index < -0.39 is 11.9 Å². The second-order valence-corrected chi connectivity index (χ2v) is 4.93. The predicted molar refractivity (Wildman–Crippen MR) is 78.3 cm³/mol. The van der Waals surface area contributed by atoms with Gasteiger partial charge in [-0.2, -0.15) is 0 Å². The third-order valence-electron chi connectivity index (χ3n) is 3.20. The van der Waals surface area contributed by atoms with Gasteiger partial charge in [0.05, 0.1) is 11.1 Å². The maximum atomic E-state index is 12.2. The highest BCUT2D eigenvalue weighted by Gasteiger charge is 2.20. The van der Waals surface area contributed by atoms with Gasteiger partial charge in [-0.05, 0) is 37.8 Å². The fraction of sp³-hybridized carbons (Fsp3) is 0.400. The minimum Gasteiger partial charge on any atom is -0.478 e. The van der Waals surface area contributed by atoms with Gasteiger partial charge in [0, 0.05) is 13.0 Å². The zero-order valence-corrected chi connectivity index (χ0v) is 12.2. The van der Waals surface area contributed by atoms with Crippen LogP contribution in [-0.4, -0.2) is 29.4 Å². The maximum absolute atomic E-state index is 12.2. The third-order valence-corrected chi connectivity index (χ3v) is 3.20. The molecule has 0 fully saturated rings. The van der Waals surface area contributed by atoms with E-state index in [1.165, 1.54) is 0 Å². The second kappa shape index (κ2) is 7.42. The largest absolute Gasteiger partial charge is 0.478 e. The average Bonchev–Trinajstić information content (AvgIpc) is 2.39. The van der Waals surface area contributed by atoms with E-state index in [9.17, 15) is 19.5 Å². The highest BCUT2D eigenvalue weighted by atomic mass is 16.4. The summed E-state index contributed by atoms with van der Waals surface area (Å²) in [5, 5.41) is 11.9. The number of rotatable bonds is 7. The van der Waals surface area contributed by atoms with Crippen LogP contribution in [-0.2, 0) is 4.79 Å². The third kappa shape index (κ3) is 4.59. The molecule has 0 heterocycles. The average molecular weight is 292 g/mol. The highest BCUT2D eigenvalue weighted by Crippen LogP contribution is 2.18. The fourth-order valence-electron chi connectivity index (χ4n) is 2.09. The first kappa shape index (κ1) is 16.7. The number of hydrogen-bond donors (Lipinski definition) is 3. The van der Waals surface area contributed by atoms with Crippen LogP contribution in [0.1, 0.15) is 51.1 Å². The minimum absolute atomic E-state index is 0.0321. The summed E-state index contributed by atoms with van der Waals surface area (Å²) in [6.07, 6.45) is 1.48. The monoisotopic (exact) mass is 292 g/mol. The molecule has 0 atom stereocenters. The van der Waals surface area contributed by atoms with Gasteiger partial charge in [-0.1, -0.05) is 12.1 Å². The number of carboxylic acids is 1. The van der Waals surface area contributed by atoms with Gasteiger partial charge >= 0.3 is 5.97 Å². The Morgan fingerprint density at radius 1 is 1.10 bits per heavy atom. The van der Waals surface area contributed by atoms with Crippen molar-refractivity contribution in [1.29, 1.82) is 0 Å². The normalized spacial score (nSPS) is 10.2. The summed E-state index contributed by atoms with van der Waals surface area (Å²) in [7, 11) is 0. The van der Waals surface area contributed by atoms with Gasteiger partial charge in [-0.3, -0.25) is 9.59 Å². The molecule has 0 spiro atoms. The number of nitrogens with one attached hydrogen (secondary N) is 1. The predicted octanol–water partition coefficient (Wildman–Crippen LogP) is 1.39. The number of nitrogens with two attached hydrogens (primary N) is 1. The number of benzene rings is 1. The second-order valence-electron chi connectivity index (χ2n) is 4.93. The summed E-state index contributed by atoms with van der Waals surface area (Å²) >= 11 is 0. The van der Waals surface area contributed by atoms with Crippen LogP contribution in [0.25, 0.3) is 0 Å². The molecule has 1 rings (SSSR count). The van der Waals surface area contributed by atoms with E-state index in [1.54, 1.807) is 26.0 Å². The number of unbranched alkanes of at least 4 members (excludes halogenated alkanes) is 1. The van der Waals surface area contributed by atoms with Crippen LogP contribution < -0.4 is 11.1 Å². The lowest BCUT2D eigenvalue weighted by Gasteiger charge is -2.12. The Hall–Kier alpha value is -2.37. The van der Waals surface area contributed by atoms with Gasteiger partial charge in [0.15, 0.2) is 0 Å². The van der Waals surface area contributed by atoms with E-state index in [1.807, 2.05) is 0 Å². The van der Waals surface area contributed by atoms with Crippen LogP contribution >= 0.6 is 0 Å². The molecule has 1 aromatic rings. The molecule has 21 heavy (non-hydrogen) atoms. The van der Waals surface area contributed by atoms with Gasteiger partial charge in [-0.15, -0.1) is 0 Å². The molecule has 0 aliphatic rings. The summed E-state index contributed by atoms with van der Waals surface area (Å²) in [6.45, 7) is 3.74. The molecular weight excluding hydrogens is 272 g/mol. The van der Waals surface area contributed by atoms with Crippen molar-refractivity contribution in [2.24, 2.45) is 5.73 Å². The Kier molecular flexibility index (Phi) is 5.90. The molecule has 0 unspecified atom stereocenters. The number of primary amides is 1. The summed E-state index contributed by atoms with van der Waals surface area (Å²) < 4.78 is 0. The van der Waals surface area contributed by atoms with Crippen molar-refractivity contribution >= 4 is 17.8 Å². The number of carbonyl (C=O) groups excluding carboxylic acids is 2. The van der Waals surface area contributed by atoms with E-state index >= 15 is 0 Å². The molecule has 6 heteroatoms. The summed E-state index contributed by atoms with van der Waals surface area (Å²) in [5.74, 6) is -1.90. The van der Waals surface area contributed by atoms with Crippen LogP contribution in [0.3, 0.4) is 0 Å². The van der Waals surface area contributed by atoms with Gasteiger partial charge in [0.1, 0.15) is 0 Å². The lowest BCUT2D eigenvalue weighted by molar-refractivity contribution is -0.118. The Balaban J connectivity index is 2.76. The minimum atomic E-state index is -1.12. The molecular formula is C15H20N2O4. The van der Waals surface area contributed by atoms with Crippen molar-refractivity contribution in [1.82, 2.24) is 5.32 Å². The molecule has 114 valence electrons. The number of carbonyl (C=O) groups is 3. The van der Waals surface area contributed by atoms with Crippen molar-refractivity contribution < 1.29 is 19.5 Å². The van der Waals surface area contributed by atoms with Crippen molar-refractivity contribution in [2.75, 3.05) is 6.54 Å². The highest BCUT2D eigenvalue weighted by molar-refractivity contribution is 6.06. The Morgan fingerprint density at radius 3 is 2.19 bits per heavy atom. The molecule has 0 bridgehead atoms. The first-order chi connectivity index (χ1) is 9.84. The smallest absolute Gasteiger partial charge is 0.336 e. The molecule has 2 amide bonds. The fourth-order valence-corrected chi connectivity index (χ4v) is 2.09. The molecule has 0 radical (unpaired) electrons. The number of aryl methyl sites for hydroxylation is 2. The molecule has 0 aliphatic heterocycles.